The van der Waals surface area contributed by atoms with Gasteiger partial charge in [-0.25, -0.2) is 18.4 Å². The normalized spacial score (nSPS) is 13.5. The van der Waals surface area contributed by atoms with E-state index in [-0.39, 0.29) is 17.6 Å². The van der Waals surface area contributed by atoms with Gasteiger partial charge in [0.2, 0.25) is 0 Å². The quantitative estimate of drug-likeness (QED) is 0.275. The van der Waals surface area contributed by atoms with E-state index in [4.69, 9.17) is 5.10 Å². The highest BCUT2D eigenvalue weighted by molar-refractivity contribution is 5.97. The van der Waals surface area contributed by atoms with Gasteiger partial charge in [-0.15, -0.1) is 0 Å². The highest BCUT2D eigenvalue weighted by Gasteiger charge is 2.31. The van der Waals surface area contributed by atoms with Gasteiger partial charge in [-0.3, -0.25) is 0 Å². The van der Waals surface area contributed by atoms with Gasteiger partial charge in [-0.1, -0.05) is 32.0 Å². The minimum atomic E-state index is -0.335. The van der Waals surface area contributed by atoms with Crippen molar-refractivity contribution in [2.75, 3.05) is 11.4 Å². The second-order valence-electron chi connectivity index (χ2n) is 10.6. The largest absolute Gasteiger partial charge is 0.361 e. The molecule has 38 heavy (non-hydrogen) atoms. The van der Waals surface area contributed by atoms with E-state index in [1.54, 1.807) is 18.3 Å². The summed E-state index contributed by atoms with van der Waals surface area (Å²) in [6.45, 7) is 11.0. The van der Waals surface area contributed by atoms with Crippen molar-refractivity contribution in [2.45, 2.75) is 53.5 Å². The number of aryl methyl sites for hydroxylation is 3. The molecule has 1 aliphatic rings. The Kier molecular flexibility index (Phi) is 5.82. The highest BCUT2D eigenvalue weighted by atomic mass is 19.1. The Balaban J connectivity index is 1.59. The molecule has 0 fully saturated rings. The van der Waals surface area contributed by atoms with Crippen LogP contribution in [0.2, 0.25) is 0 Å². The fourth-order valence-electron chi connectivity index (χ4n) is 5.71. The van der Waals surface area contributed by atoms with Crippen molar-refractivity contribution in [3.05, 3.63) is 93.9 Å². The lowest BCUT2D eigenvalue weighted by Gasteiger charge is -2.28. The van der Waals surface area contributed by atoms with Crippen LogP contribution in [0.5, 0.6) is 0 Å². The Morgan fingerprint density at radius 3 is 2.45 bits per heavy atom. The molecule has 4 heterocycles. The molecule has 194 valence electrons. The number of nitrogens with one attached hydrogen (secondary N) is 1. The molecule has 0 amide bonds. The van der Waals surface area contributed by atoms with Crippen LogP contribution in [0.25, 0.3) is 27.8 Å². The van der Waals surface area contributed by atoms with Gasteiger partial charge in [0.1, 0.15) is 5.82 Å². The van der Waals surface area contributed by atoms with Crippen LogP contribution >= 0.6 is 0 Å². The fourth-order valence-corrected chi connectivity index (χ4v) is 5.71. The Morgan fingerprint density at radius 2 is 1.74 bits per heavy atom. The third kappa shape index (κ3) is 3.80. The number of fused-ring (bicyclic) bond motifs is 2. The number of aromatic amines is 1. The van der Waals surface area contributed by atoms with E-state index in [2.05, 4.69) is 9.97 Å². The summed E-state index contributed by atoms with van der Waals surface area (Å²) in [6, 6.07) is 11.2. The van der Waals surface area contributed by atoms with Crippen LogP contribution in [0.1, 0.15) is 53.3 Å². The molecule has 0 spiro atoms. The van der Waals surface area contributed by atoms with E-state index >= 15 is 8.78 Å². The zero-order valence-corrected chi connectivity index (χ0v) is 22.4. The average Bonchev–Trinajstić information content (AvgIpc) is 3.50. The zero-order valence-electron chi connectivity index (χ0n) is 22.4. The van der Waals surface area contributed by atoms with Gasteiger partial charge in [0.15, 0.2) is 11.6 Å². The molecule has 2 aromatic carbocycles. The monoisotopic (exact) mass is 511 g/mol. The van der Waals surface area contributed by atoms with Crippen molar-refractivity contribution in [1.29, 1.82) is 0 Å². The van der Waals surface area contributed by atoms with Crippen LogP contribution in [0.4, 0.5) is 14.6 Å². The Hall–Kier alpha value is -4.00. The van der Waals surface area contributed by atoms with Gasteiger partial charge in [-0.05, 0) is 67.1 Å². The Morgan fingerprint density at radius 1 is 0.974 bits per heavy atom. The molecule has 0 unspecified atom stereocenters. The van der Waals surface area contributed by atoms with Crippen LogP contribution in [0, 0.1) is 32.4 Å². The molecule has 6 rings (SSSR count). The van der Waals surface area contributed by atoms with Gasteiger partial charge in [-0.2, -0.15) is 5.10 Å². The van der Waals surface area contributed by atoms with Gasteiger partial charge in [0.05, 0.1) is 17.1 Å². The summed E-state index contributed by atoms with van der Waals surface area (Å²) in [7, 11) is 0. The van der Waals surface area contributed by atoms with E-state index in [1.165, 1.54) is 0 Å². The molecule has 1 N–H and O–H groups in total. The van der Waals surface area contributed by atoms with Gasteiger partial charge in [0, 0.05) is 53.9 Å². The molecule has 3 aromatic heterocycles. The van der Waals surface area contributed by atoms with Crippen LogP contribution in [-0.4, -0.2) is 26.3 Å². The molecule has 0 saturated heterocycles. The predicted molar refractivity (Wildman–Crippen MR) is 148 cm³/mol. The number of rotatable bonds is 4. The van der Waals surface area contributed by atoms with Crippen LogP contribution < -0.4 is 4.90 Å². The van der Waals surface area contributed by atoms with Gasteiger partial charge < -0.3 is 9.88 Å². The lowest BCUT2D eigenvalue weighted by Crippen LogP contribution is -2.31. The summed E-state index contributed by atoms with van der Waals surface area (Å²) in [5.74, 6) is -0.123. The van der Waals surface area contributed by atoms with E-state index in [1.807, 2.05) is 74.7 Å². The first-order chi connectivity index (χ1) is 18.2. The third-order valence-corrected chi connectivity index (χ3v) is 7.72. The summed E-state index contributed by atoms with van der Waals surface area (Å²) in [4.78, 5) is 9.72. The van der Waals surface area contributed by atoms with Crippen LogP contribution in [0.15, 0.2) is 48.8 Å². The topological polar surface area (TPSA) is 49.7 Å². The molecule has 0 atom stereocenters. The molecule has 0 bridgehead atoms. The number of H-pyrrole nitrogens is 1. The van der Waals surface area contributed by atoms with Crippen LogP contribution in [0.3, 0.4) is 0 Å². The molecule has 5 aromatic rings. The SMILES string of the molecule is Cc1cccc(C)c1-n1nc2c(c1-c1c(F)cc(C)c3[nH]ccc13)CN(c1ncc(C(C)C)cc1F)CC2. The highest BCUT2D eigenvalue weighted by Crippen LogP contribution is 2.40. The molecule has 0 aliphatic carbocycles. The number of anilines is 1. The molecule has 5 nitrogen and oxygen atoms in total. The van der Waals surface area contributed by atoms with Gasteiger partial charge >= 0.3 is 0 Å². The number of benzene rings is 2. The van der Waals surface area contributed by atoms with E-state index in [9.17, 15) is 0 Å². The number of halogens is 2. The number of pyridine rings is 1. The maximum absolute atomic E-state index is 16.0. The van der Waals surface area contributed by atoms with E-state index in [0.29, 0.717) is 36.6 Å². The van der Waals surface area contributed by atoms with Crippen molar-refractivity contribution in [3.63, 3.8) is 0 Å². The van der Waals surface area contributed by atoms with E-state index < -0.39 is 0 Å². The van der Waals surface area contributed by atoms with Gasteiger partial charge in [0.25, 0.3) is 0 Å². The summed E-state index contributed by atoms with van der Waals surface area (Å²) in [6.07, 6.45) is 4.20. The second-order valence-corrected chi connectivity index (χ2v) is 10.6. The summed E-state index contributed by atoms with van der Waals surface area (Å²) in [5, 5.41) is 5.87. The van der Waals surface area contributed by atoms with Crippen molar-refractivity contribution in [3.8, 4) is 16.9 Å². The van der Waals surface area contributed by atoms with E-state index in [0.717, 1.165) is 50.1 Å². The van der Waals surface area contributed by atoms with Crippen LogP contribution in [-0.2, 0) is 13.0 Å². The standard InChI is InChI=1S/C31H31F2N5/c1-17(2)21-14-25(33)31(35-15-21)37-12-10-26-23(16-37)30(38(36-26)29-18(3)7-6-8-19(29)4)27-22-9-11-34-28(22)20(5)13-24(27)32/h6-9,11,13-15,17,34H,10,12,16H2,1-5H3. The van der Waals surface area contributed by atoms with Crippen molar-refractivity contribution < 1.29 is 8.78 Å². The first kappa shape index (κ1) is 24.3. The zero-order chi connectivity index (χ0) is 26.7. The smallest absolute Gasteiger partial charge is 0.165 e. The summed E-state index contributed by atoms with van der Waals surface area (Å²) in [5.41, 5.74) is 8.68. The Bertz CT molecular complexity index is 1670. The Labute approximate surface area is 221 Å². The lowest BCUT2D eigenvalue weighted by atomic mass is 9.96. The number of hydrogen-bond donors (Lipinski definition) is 1. The maximum atomic E-state index is 16.0. The summed E-state index contributed by atoms with van der Waals surface area (Å²) < 4.78 is 33.1. The second kappa shape index (κ2) is 9.08. The molecule has 7 heteroatoms. The minimum absolute atomic E-state index is 0.189. The number of para-hydroxylation sites is 1. The fraction of sp³-hybridized carbons (Fsp3) is 0.290. The number of nitrogens with zero attached hydrogens (tertiary/aromatic N) is 4. The lowest BCUT2D eigenvalue weighted by molar-refractivity contribution is 0.595. The third-order valence-electron chi connectivity index (χ3n) is 7.72. The minimum Gasteiger partial charge on any atom is -0.361 e. The predicted octanol–water partition coefficient (Wildman–Crippen LogP) is 7.31. The molecular formula is C31H31F2N5. The maximum Gasteiger partial charge on any atom is 0.165 e. The summed E-state index contributed by atoms with van der Waals surface area (Å²) >= 11 is 0. The number of hydrogen-bond acceptors (Lipinski definition) is 3. The van der Waals surface area contributed by atoms with Crippen molar-refractivity contribution in [2.24, 2.45) is 0 Å². The molecule has 0 radical (unpaired) electrons. The number of aromatic nitrogens is 4. The van der Waals surface area contributed by atoms with Crippen molar-refractivity contribution >= 4 is 16.7 Å². The molecule has 1 aliphatic heterocycles. The first-order valence-corrected chi connectivity index (χ1v) is 13.1. The first-order valence-electron chi connectivity index (χ1n) is 13.1. The molecular weight excluding hydrogens is 480 g/mol. The average molecular weight is 512 g/mol. The molecule has 0 saturated carbocycles. The van der Waals surface area contributed by atoms with Crippen molar-refractivity contribution in [1.82, 2.24) is 19.7 Å².